The fourth-order valence-electron chi connectivity index (χ4n) is 4.18. The summed E-state index contributed by atoms with van der Waals surface area (Å²) in [5.41, 5.74) is 0.854. The predicted octanol–water partition coefficient (Wildman–Crippen LogP) is 5.41. The summed E-state index contributed by atoms with van der Waals surface area (Å²) in [6.45, 7) is 6.62. The summed E-state index contributed by atoms with van der Waals surface area (Å²) in [6, 6.07) is 9.36. The predicted molar refractivity (Wildman–Crippen MR) is 134 cm³/mol. The Morgan fingerprint density at radius 2 is 1.80 bits per heavy atom. The molecule has 2 aromatic heterocycles. The zero-order valence-electron chi connectivity index (χ0n) is 19.3. The van der Waals surface area contributed by atoms with Crippen molar-refractivity contribution in [3.63, 3.8) is 0 Å². The van der Waals surface area contributed by atoms with Gasteiger partial charge in [0.2, 0.25) is 10.9 Å². The van der Waals surface area contributed by atoms with Crippen LogP contribution in [0.15, 0.2) is 45.6 Å². The Morgan fingerprint density at radius 3 is 2.51 bits per heavy atom. The summed E-state index contributed by atoms with van der Waals surface area (Å²) < 4.78 is 17.5. The van der Waals surface area contributed by atoms with Crippen molar-refractivity contribution in [2.24, 2.45) is 0 Å². The number of nitrogens with zero attached hydrogens (tertiary/aromatic N) is 3. The SMILES string of the molecule is CCOc1ccc(C2c3c(oc4ccc(Cl)cc4c3=O)C(=O)N2c2nnc(CC)s2)cc1OCC. The van der Waals surface area contributed by atoms with E-state index in [0.29, 0.717) is 57.8 Å². The molecule has 1 unspecified atom stereocenters. The van der Waals surface area contributed by atoms with Crippen LogP contribution >= 0.6 is 22.9 Å². The molecule has 0 fully saturated rings. The second-order valence-corrected chi connectivity index (χ2v) is 9.27. The van der Waals surface area contributed by atoms with Gasteiger partial charge in [0.1, 0.15) is 10.6 Å². The summed E-state index contributed by atoms with van der Waals surface area (Å²) >= 11 is 7.47. The van der Waals surface area contributed by atoms with E-state index in [1.54, 1.807) is 30.3 Å². The third kappa shape index (κ3) is 3.94. The average Bonchev–Trinajstić information content (AvgIpc) is 3.44. The first kappa shape index (κ1) is 23.3. The Balaban J connectivity index is 1.77. The summed E-state index contributed by atoms with van der Waals surface area (Å²) in [4.78, 5) is 28.9. The van der Waals surface area contributed by atoms with E-state index in [2.05, 4.69) is 10.2 Å². The molecule has 0 saturated carbocycles. The topological polar surface area (TPSA) is 94.8 Å². The summed E-state index contributed by atoms with van der Waals surface area (Å²) in [5.74, 6) is 0.627. The monoisotopic (exact) mass is 511 g/mol. The largest absolute Gasteiger partial charge is 0.490 e. The van der Waals surface area contributed by atoms with Crippen molar-refractivity contribution in [3.05, 3.63) is 73.5 Å². The molecule has 1 atom stereocenters. The van der Waals surface area contributed by atoms with Crippen LogP contribution < -0.4 is 19.8 Å². The minimum Gasteiger partial charge on any atom is -0.490 e. The molecule has 0 N–H and O–H groups in total. The van der Waals surface area contributed by atoms with Gasteiger partial charge in [-0.05, 0) is 56.2 Å². The molecule has 1 aliphatic rings. The van der Waals surface area contributed by atoms with Gasteiger partial charge in [-0.2, -0.15) is 0 Å². The number of aromatic nitrogens is 2. The minimum absolute atomic E-state index is 0.0186. The molecular weight excluding hydrogens is 490 g/mol. The number of aryl methyl sites for hydroxylation is 1. The lowest BCUT2D eigenvalue weighted by Gasteiger charge is -2.23. The van der Waals surface area contributed by atoms with Crippen LogP contribution in [0.5, 0.6) is 11.5 Å². The number of carbonyl (C=O) groups excluding carboxylic acids is 1. The number of anilines is 1. The van der Waals surface area contributed by atoms with Crippen LogP contribution in [0.25, 0.3) is 11.0 Å². The van der Waals surface area contributed by atoms with Crippen LogP contribution in [-0.2, 0) is 6.42 Å². The average molecular weight is 512 g/mol. The number of hydrogen-bond acceptors (Lipinski definition) is 8. The Morgan fingerprint density at radius 1 is 1.03 bits per heavy atom. The quantitative estimate of drug-likeness (QED) is 0.327. The highest BCUT2D eigenvalue weighted by atomic mass is 35.5. The van der Waals surface area contributed by atoms with Gasteiger partial charge in [-0.25, -0.2) is 0 Å². The van der Waals surface area contributed by atoms with Crippen molar-refractivity contribution in [1.82, 2.24) is 10.2 Å². The van der Waals surface area contributed by atoms with Gasteiger partial charge in [0.15, 0.2) is 16.9 Å². The highest BCUT2D eigenvalue weighted by Crippen LogP contribution is 2.44. The molecule has 8 nitrogen and oxygen atoms in total. The van der Waals surface area contributed by atoms with Gasteiger partial charge in [-0.3, -0.25) is 14.5 Å². The van der Waals surface area contributed by atoms with Crippen molar-refractivity contribution >= 4 is 44.9 Å². The number of halogens is 1. The molecule has 0 saturated heterocycles. The maximum atomic E-state index is 13.7. The van der Waals surface area contributed by atoms with Gasteiger partial charge >= 0.3 is 0 Å². The Labute approximate surface area is 210 Å². The Kier molecular flexibility index (Phi) is 6.21. The lowest BCUT2D eigenvalue weighted by molar-refractivity contribution is 0.0970. The first-order valence-electron chi connectivity index (χ1n) is 11.3. The fraction of sp³-hybridized carbons (Fsp3) is 0.280. The summed E-state index contributed by atoms with van der Waals surface area (Å²) in [5, 5.41) is 10.3. The first-order valence-corrected chi connectivity index (χ1v) is 12.5. The van der Waals surface area contributed by atoms with E-state index in [1.165, 1.54) is 16.2 Å². The number of fused-ring (bicyclic) bond motifs is 2. The Bertz CT molecular complexity index is 1500. The molecule has 0 spiro atoms. The lowest BCUT2D eigenvalue weighted by atomic mass is 9.98. The molecule has 10 heteroatoms. The van der Waals surface area contributed by atoms with Crippen LogP contribution in [0.4, 0.5) is 5.13 Å². The van der Waals surface area contributed by atoms with Gasteiger partial charge in [0.05, 0.1) is 30.2 Å². The molecule has 3 heterocycles. The number of ether oxygens (including phenoxy) is 2. The fourth-order valence-corrected chi connectivity index (χ4v) is 5.16. The van der Waals surface area contributed by atoms with E-state index in [1.807, 2.05) is 26.8 Å². The zero-order valence-corrected chi connectivity index (χ0v) is 20.9. The molecule has 1 aliphatic heterocycles. The standard InChI is InChI=1S/C25H22ClN3O5S/c1-4-19-27-28-25(35-19)29-21(13-7-9-17(32-5-2)18(11-13)33-6-3)20-22(30)15-12-14(26)8-10-16(15)34-23(20)24(29)31/h7-12,21H,4-6H2,1-3H3. The van der Waals surface area contributed by atoms with Crippen molar-refractivity contribution in [1.29, 1.82) is 0 Å². The van der Waals surface area contributed by atoms with Crippen molar-refractivity contribution in [2.45, 2.75) is 33.2 Å². The number of benzene rings is 2. The minimum atomic E-state index is -0.787. The highest BCUT2D eigenvalue weighted by molar-refractivity contribution is 7.15. The van der Waals surface area contributed by atoms with E-state index < -0.39 is 11.9 Å². The molecule has 2 aromatic carbocycles. The second-order valence-electron chi connectivity index (χ2n) is 7.80. The maximum Gasteiger partial charge on any atom is 0.297 e. The van der Waals surface area contributed by atoms with Crippen LogP contribution in [0.1, 0.15) is 53.5 Å². The van der Waals surface area contributed by atoms with E-state index >= 15 is 0 Å². The number of rotatable bonds is 7. The maximum absolute atomic E-state index is 13.7. The van der Waals surface area contributed by atoms with Gasteiger partial charge in [-0.1, -0.05) is 35.9 Å². The molecule has 5 rings (SSSR count). The van der Waals surface area contributed by atoms with Crippen LogP contribution in [0.3, 0.4) is 0 Å². The molecule has 180 valence electrons. The number of amides is 1. The van der Waals surface area contributed by atoms with Crippen molar-refractivity contribution < 1.29 is 18.7 Å². The van der Waals surface area contributed by atoms with E-state index in [0.717, 1.165) is 5.01 Å². The van der Waals surface area contributed by atoms with Crippen LogP contribution in [0, 0.1) is 0 Å². The van der Waals surface area contributed by atoms with Gasteiger partial charge in [0.25, 0.3) is 5.91 Å². The zero-order chi connectivity index (χ0) is 24.7. The van der Waals surface area contributed by atoms with Crippen molar-refractivity contribution in [3.8, 4) is 11.5 Å². The summed E-state index contributed by atoms with van der Waals surface area (Å²) in [7, 11) is 0. The van der Waals surface area contributed by atoms with Gasteiger partial charge < -0.3 is 13.9 Å². The molecule has 0 bridgehead atoms. The van der Waals surface area contributed by atoms with E-state index in [-0.39, 0.29) is 16.8 Å². The third-order valence-corrected chi connectivity index (χ3v) is 6.98. The number of carbonyl (C=O) groups is 1. The second kappa shape index (κ2) is 9.31. The Hall–Kier alpha value is -3.43. The smallest absolute Gasteiger partial charge is 0.297 e. The molecular formula is C25H22ClN3O5S. The molecule has 1 amide bonds. The van der Waals surface area contributed by atoms with Gasteiger partial charge in [-0.15, -0.1) is 10.2 Å². The molecule has 0 radical (unpaired) electrons. The van der Waals surface area contributed by atoms with Gasteiger partial charge in [0, 0.05) is 5.02 Å². The molecule has 0 aliphatic carbocycles. The van der Waals surface area contributed by atoms with E-state index in [4.69, 9.17) is 25.5 Å². The summed E-state index contributed by atoms with van der Waals surface area (Å²) in [6.07, 6.45) is 0.675. The molecule has 4 aromatic rings. The molecule has 35 heavy (non-hydrogen) atoms. The van der Waals surface area contributed by atoms with Crippen LogP contribution in [-0.4, -0.2) is 29.3 Å². The lowest BCUT2D eigenvalue weighted by Crippen LogP contribution is -2.29. The highest BCUT2D eigenvalue weighted by Gasteiger charge is 2.45. The normalized spacial score (nSPS) is 15.0. The van der Waals surface area contributed by atoms with Crippen LogP contribution in [0.2, 0.25) is 5.02 Å². The first-order chi connectivity index (χ1) is 17.0. The van der Waals surface area contributed by atoms with E-state index in [9.17, 15) is 9.59 Å². The third-order valence-electron chi connectivity index (χ3n) is 5.68. The van der Waals surface area contributed by atoms with Crippen molar-refractivity contribution in [2.75, 3.05) is 18.1 Å². The number of hydrogen-bond donors (Lipinski definition) is 0.